The van der Waals surface area contributed by atoms with Crippen molar-refractivity contribution >= 4 is 45.7 Å². The van der Waals surface area contributed by atoms with Crippen LogP contribution in [-0.2, 0) is 9.59 Å². The average molecular weight is 445 g/mol. The van der Waals surface area contributed by atoms with E-state index in [2.05, 4.69) is 20.5 Å². The van der Waals surface area contributed by atoms with Gasteiger partial charge in [0.05, 0.1) is 7.11 Å². The van der Waals surface area contributed by atoms with Crippen molar-refractivity contribution in [2.45, 2.75) is 25.7 Å². The lowest BCUT2D eigenvalue weighted by Gasteiger charge is -2.25. The molecule has 2 amide bonds. The van der Waals surface area contributed by atoms with Crippen molar-refractivity contribution in [1.29, 1.82) is 0 Å². The van der Waals surface area contributed by atoms with Gasteiger partial charge in [-0.3, -0.25) is 9.59 Å². The number of piperidine rings is 1. The first-order valence-corrected chi connectivity index (χ1v) is 11.5. The predicted molar refractivity (Wildman–Crippen MR) is 131 cm³/mol. The average Bonchev–Trinajstić information content (AvgIpc) is 3.38. The molecule has 170 valence electrons. The smallest absolute Gasteiger partial charge is 0.256 e. The molecule has 0 aliphatic carbocycles. The molecular formula is C26H28N4O3. The largest absolute Gasteiger partial charge is 0.497 e. The van der Waals surface area contributed by atoms with E-state index >= 15 is 0 Å². The molecular weight excluding hydrogens is 416 g/mol. The van der Waals surface area contributed by atoms with E-state index in [1.54, 1.807) is 7.11 Å². The highest BCUT2D eigenvalue weighted by atomic mass is 16.5. The van der Waals surface area contributed by atoms with Gasteiger partial charge in [0, 0.05) is 58.1 Å². The third kappa shape index (κ3) is 4.50. The number of ether oxygens (including phenoxy) is 1. The van der Waals surface area contributed by atoms with E-state index in [0.717, 1.165) is 53.1 Å². The first kappa shape index (κ1) is 21.3. The van der Waals surface area contributed by atoms with Gasteiger partial charge in [0.2, 0.25) is 5.91 Å². The lowest BCUT2D eigenvalue weighted by atomic mass is 10.0. The number of likely N-dealkylation sites (tertiary alicyclic amines) is 1. The minimum atomic E-state index is -0.157. The molecule has 1 fully saturated rings. The van der Waals surface area contributed by atoms with Gasteiger partial charge in [-0.15, -0.1) is 0 Å². The van der Waals surface area contributed by atoms with Crippen molar-refractivity contribution in [3.8, 4) is 5.75 Å². The van der Waals surface area contributed by atoms with Crippen LogP contribution >= 0.6 is 0 Å². The number of methoxy groups -OCH3 is 1. The number of rotatable bonds is 6. The highest BCUT2D eigenvalue weighted by molar-refractivity contribution is 6.35. The van der Waals surface area contributed by atoms with Gasteiger partial charge in [-0.25, -0.2) is 0 Å². The van der Waals surface area contributed by atoms with E-state index < -0.39 is 0 Å². The third-order valence-electron chi connectivity index (χ3n) is 6.41. The summed E-state index contributed by atoms with van der Waals surface area (Å²) in [5.41, 5.74) is 4.66. The first-order chi connectivity index (χ1) is 16.1. The maximum Gasteiger partial charge on any atom is 0.256 e. The summed E-state index contributed by atoms with van der Waals surface area (Å²) in [6.07, 6.45) is 7.94. The number of hydrogen-bond donors (Lipinski definition) is 3. The number of benzene rings is 2. The molecule has 33 heavy (non-hydrogen) atoms. The monoisotopic (exact) mass is 444 g/mol. The van der Waals surface area contributed by atoms with Crippen LogP contribution in [0.3, 0.4) is 0 Å². The summed E-state index contributed by atoms with van der Waals surface area (Å²) in [5, 5.41) is 6.89. The molecule has 2 aliphatic heterocycles. The molecule has 1 saturated heterocycles. The van der Waals surface area contributed by atoms with E-state index in [1.165, 1.54) is 19.3 Å². The number of amides is 2. The summed E-state index contributed by atoms with van der Waals surface area (Å²) in [7, 11) is 1.63. The maximum absolute atomic E-state index is 12.7. The number of carbonyl (C=O) groups excluding carboxylic acids is 2. The van der Waals surface area contributed by atoms with Gasteiger partial charge < -0.3 is 25.3 Å². The summed E-state index contributed by atoms with van der Waals surface area (Å²) >= 11 is 0. The molecule has 3 aromatic rings. The number of fused-ring (bicyclic) bond motifs is 2. The van der Waals surface area contributed by atoms with Crippen LogP contribution in [-0.4, -0.2) is 48.4 Å². The SMILES string of the molecule is COc1ccc2[nH]cc(/C=C3\C(=O)Nc4ccc(NC(=O)CCN5CCCCC5)cc43)c2c1. The number of hydrogen-bond acceptors (Lipinski definition) is 4. The Hall–Kier alpha value is -3.58. The maximum atomic E-state index is 12.7. The number of nitrogens with one attached hydrogen (secondary N) is 3. The van der Waals surface area contributed by atoms with E-state index in [4.69, 9.17) is 4.74 Å². The second kappa shape index (κ2) is 9.11. The van der Waals surface area contributed by atoms with Crippen molar-refractivity contribution in [2.75, 3.05) is 37.4 Å². The van der Waals surface area contributed by atoms with Crippen LogP contribution in [0.1, 0.15) is 36.8 Å². The molecule has 0 atom stereocenters. The summed E-state index contributed by atoms with van der Waals surface area (Å²) in [4.78, 5) is 30.8. The summed E-state index contributed by atoms with van der Waals surface area (Å²) in [6.45, 7) is 2.94. The molecule has 0 saturated carbocycles. The molecule has 2 aromatic carbocycles. The Balaban J connectivity index is 1.36. The fourth-order valence-corrected chi connectivity index (χ4v) is 4.60. The molecule has 5 rings (SSSR count). The number of carbonyl (C=O) groups is 2. The molecule has 1 aromatic heterocycles. The third-order valence-corrected chi connectivity index (χ3v) is 6.41. The minimum absolute atomic E-state index is 0.00735. The first-order valence-electron chi connectivity index (χ1n) is 11.5. The normalized spacial score (nSPS) is 17.2. The molecule has 2 aliphatic rings. The van der Waals surface area contributed by atoms with Crippen molar-refractivity contribution in [1.82, 2.24) is 9.88 Å². The zero-order valence-electron chi connectivity index (χ0n) is 18.7. The number of aromatic amines is 1. The second-order valence-corrected chi connectivity index (χ2v) is 8.63. The Morgan fingerprint density at radius 1 is 1.15 bits per heavy atom. The Morgan fingerprint density at radius 3 is 2.82 bits per heavy atom. The second-order valence-electron chi connectivity index (χ2n) is 8.63. The lowest BCUT2D eigenvalue weighted by molar-refractivity contribution is -0.116. The number of anilines is 2. The Kier molecular flexibility index (Phi) is 5.88. The van der Waals surface area contributed by atoms with Crippen LogP contribution in [0.2, 0.25) is 0 Å². The molecule has 3 N–H and O–H groups in total. The van der Waals surface area contributed by atoms with Crippen LogP contribution in [0.5, 0.6) is 5.75 Å². The quantitative estimate of drug-likeness (QED) is 0.489. The van der Waals surface area contributed by atoms with Crippen molar-refractivity contribution in [3.63, 3.8) is 0 Å². The number of nitrogens with zero attached hydrogens (tertiary/aromatic N) is 1. The molecule has 0 radical (unpaired) electrons. The molecule has 0 unspecified atom stereocenters. The van der Waals surface area contributed by atoms with Gasteiger partial charge in [-0.2, -0.15) is 0 Å². The molecule has 3 heterocycles. The van der Waals surface area contributed by atoms with E-state index in [-0.39, 0.29) is 11.8 Å². The van der Waals surface area contributed by atoms with Crippen molar-refractivity contribution < 1.29 is 14.3 Å². The number of aromatic nitrogens is 1. The van der Waals surface area contributed by atoms with E-state index in [0.29, 0.717) is 17.7 Å². The van der Waals surface area contributed by atoms with Crippen LogP contribution in [0.25, 0.3) is 22.6 Å². The van der Waals surface area contributed by atoms with E-state index in [9.17, 15) is 9.59 Å². The number of H-pyrrole nitrogens is 1. The topological polar surface area (TPSA) is 86.5 Å². The summed E-state index contributed by atoms with van der Waals surface area (Å²) < 4.78 is 5.35. The minimum Gasteiger partial charge on any atom is -0.497 e. The van der Waals surface area contributed by atoms with Gasteiger partial charge in [0.25, 0.3) is 5.91 Å². The van der Waals surface area contributed by atoms with Crippen LogP contribution in [0, 0.1) is 0 Å². The summed E-state index contributed by atoms with van der Waals surface area (Å²) in [6, 6.07) is 11.3. The van der Waals surface area contributed by atoms with Gasteiger partial charge in [0.1, 0.15) is 5.75 Å². The van der Waals surface area contributed by atoms with E-state index in [1.807, 2.05) is 48.7 Å². The van der Waals surface area contributed by atoms with Gasteiger partial charge >= 0.3 is 0 Å². The lowest BCUT2D eigenvalue weighted by Crippen LogP contribution is -2.32. The molecule has 0 spiro atoms. The standard InChI is InChI=1S/C26H28N4O3/c1-33-19-6-8-23-20(15-19)17(16-27-23)13-22-21-14-18(5-7-24(21)29-26(22)32)28-25(31)9-12-30-10-3-2-4-11-30/h5-8,13-16,27H,2-4,9-12H2,1H3,(H,28,31)(H,29,32)/b22-13-. The predicted octanol–water partition coefficient (Wildman–Crippen LogP) is 4.48. The zero-order valence-corrected chi connectivity index (χ0v) is 18.7. The van der Waals surface area contributed by atoms with Crippen LogP contribution < -0.4 is 15.4 Å². The molecule has 7 nitrogen and oxygen atoms in total. The van der Waals surface area contributed by atoms with Crippen molar-refractivity contribution in [2.24, 2.45) is 0 Å². The fourth-order valence-electron chi connectivity index (χ4n) is 4.60. The fraction of sp³-hybridized carbons (Fsp3) is 0.308. The van der Waals surface area contributed by atoms with Gasteiger partial charge in [0.15, 0.2) is 0 Å². The Morgan fingerprint density at radius 2 is 2.00 bits per heavy atom. The Bertz CT molecular complexity index is 1240. The molecule has 0 bridgehead atoms. The Labute approximate surface area is 192 Å². The van der Waals surface area contributed by atoms with Gasteiger partial charge in [-0.1, -0.05) is 6.42 Å². The highest BCUT2D eigenvalue weighted by Gasteiger charge is 2.25. The van der Waals surface area contributed by atoms with Crippen LogP contribution in [0.15, 0.2) is 42.6 Å². The van der Waals surface area contributed by atoms with Crippen molar-refractivity contribution in [3.05, 3.63) is 53.7 Å². The van der Waals surface area contributed by atoms with Gasteiger partial charge in [-0.05, 0) is 68.4 Å². The molecule has 7 heteroatoms. The van der Waals surface area contributed by atoms with Crippen LogP contribution in [0.4, 0.5) is 11.4 Å². The summed E-state index contributed by atoms with van der Waals surface area (Å²) in [5.74, 6) is 0.593. The highest BCUT2D eigenvalue weighted by Crippen LogP contribution is 2.36. The zero-order chi connectivity index (χ0) is 22.8.